The molecule has 0 atom stereocenters. The van der Waals surface area contributed by atoms with E-state index in [1.807, 2.05) is 0 Å². The summed E-state index contributed by atoms with van der Waals surface area (Å²) >= 11 is 0. The van der Waals surface area contributed by atoms with Crippen molar-refractivity contribution >= 4 is 48.1 Å². The van der Waals surface area contributed by atoms with Crippen molar-refractivity contribution in [3.63, 3.8) is 0 Å². The van der Waals surface area contributed by atoms with Gasteiger partial charge in [0.05, 0.1) is 5.69 Å². The van der Waals surface area contributed by atoms with Gasteiger partial charge in [0.15, 0.2) is 5.75 Å². The van der Waals surface area contributed by atoms with E-state index in [4.69, 9.17) is 4.55 Å². The summed E-state index contributed by atoms with van der Waals surface area (Å²) in [6.07, 6.45) is 0. The van der Waals surface area contributed by atoms with E-state index in [1.54, 1.807) is 25.2 Å². The summed E-state index contributed by atoms with van der Waals surface area (Å²) in [5, 5.41) is 21.8. The van der Waals surface area contributed by atoms with Crippen LogP contribution in [0.25, 0.3) is 10.8 Å². The first-order valence-corrected chi connectivity index (χ1v) is 11.4. The van der Waals surface area contributed by atoms with Gasteiger partial charge in [0.2, 0.25) is 0 Å². The first-order valence-electron chi connectivity index (χ1n) is 8.39. The second kappa shape index (κ2) is 7.99. The maximum absolute atomic E-state index is 11.8. The third-order valence-electron chi connectivity index (χ3n) is 4.17. The number of aromatic hydroxyl groups is 1. The molecular formula is C18H17N3O7S2. The Morgan fingerprint density at radius 2 is 1.60 bits per heavy atom. The third-order valence-corrected chi connectivity index (χ3v) is 5.74. The Balaban J connectivity index is 2.08. The fraction of sp³-hybridized carbons (Fsp3) is 0.111. The van der Waals surface area contributed by atoms with Gasteiger partial charge in [0.1, 0.15) is 16.3 Å². The van der Waals surface area contributed by atoms with Crippen LogP contribution in [0, 0.1) is 0 Å². The topological polar surface area (TPSA) is 166 Å². The summed E-state index contributed by atoms with van der Waals surface area (Å²) in [5.41, 5.74) is 0.747. The lowest BCUT2D eigenvalue weighted by molar-refractivity contribution is 0.472. The van der Waals surface area contributed by atoms with Gasteiger partial charge >= 0.3 is 0 Å². The van der Waals surface area contributed by atoms with Crippen LogP contribution >= 0.6 is 0 Å². The molecule has 4 N–H and O–H groups in total. The molecule has 0 amide bonds. The first-order chi connectivity index (χ1) is 14.0. The average molecular weight is 451 g/mol. The quantitative estimate of drug-likeness (QED) is 0.326. The van der Waals surface area contributed by atoms with Crippen LogP contribution in [-0.4, -0.2) is 38.1 Å². The number of nitrogens with zero attached hydrogens (tertiary/aromatic N) is 2. The Morgan fingerprint density at radius 1 is 0.933 bits per heavy atom. The van der Waals surface area contributed by atoms with Crippen molar-refractivity contribution in [2.24, 2.45) is 10.2 Å². The number of hydrogen-bond acceptors (Lipinski definition) is 8. The lowest BCUT2D eigenvalue weighted by atomic mass is 10.1. The van der Waals surface area contributed by atoms with E-state index >= 15 is 0 Å². The lowest BCUT2D eigenvalue weighted by Gasteiger charge is -2.10. The Labute approximate surface area is 172 Å². The highest BCUT2D eigenvalue weighted by atomic mass is 32.2. The van der Waals surface area contributed by atoms with E-state index in [2.05, 4.69) is 15.5 Å². The number of rotatable bonds is 6. The Kier molecular flexibility index (Phi) is 5.76. The van der Waals surface area contributed by atoms with Crippen molar-refractivity contribution < 1.29 is 31.0 Å². The first kappa shape index (κ1) is 21.6. The molecule has 0 aliphatic heterocycles. The zero-order valence-corrected chi connectivity index (χ0v) is 17.1. The van der Waals surface area contributed by atoms with Crippen LogP contribution in [0.15, 0.2) is 63.7 Å². The minimum atomic E-state index is -4.72. The zero-order chi connectivity index (χ0) is 22.1. The number of nitrogens with one attached hydrogen (secondary N) is 1. The number of fused-ring (bicyclic) bond motifs is 1. The Hall–Kier alpha value is -3.06. The predicted octanol–water partition coefficient (Wildman–Crippen LogP) is 3.64. The van der Waals surface area contributed by atoms with Crippen LogP contribution in [0.3, 0.4) is 0 Å². The highest BCUT2D eigenvalue weighted by Gasteiger charge is 2.22. The van der Waals surface area contributed by atoms with Gasteiger partial charge in [-0.05, 0) is 41.3 Å². The molecule has 12 heteroatoms. The fourth-order valence-electron chi connectivity index (χ4n) is 2.77. The molecule has 3 rings (SSSR count). The molecule has 0 fully saturated rings. The summed E-state index contributed by atoms with van der Waals surface area (Å²) in [6.45, 7) is 0. The molecule has 30 heavy (non-hydrogen) atoms. The van der Waals surface area contributed by atoms with Gasteiger partial charge in [-0.3, -0.25) is 9.11 Å². The number of azo groups is 1. The summed E-state index contributed by atoms with van der Waals surface area (Å²) in [4.78, 5) is -0.614. The minimum Gasteiger partial charge on any atom is -0.505 e. The molecule has 3 aromatic carbocycles. The van der Waals surface area contributed by atoms with Gasteiger partial charge in [-0.15, -0.1) is 5.11 Å². The predicted molar refractivity (Wildman–Crippen MR) is 111 cm³/mol. The van der Waals surface area contributed by atoms with E-state index in [0.29, 0.717) is 22.0 Å². The molecule has 0 saturated carbocycles. The molecule has 0 radical (unpaired) electrons. The molecule has 3 aromatic rings. The van der Waals surface area contributed by atoms with Crippen LogP contribution in [0.5, 0.6) is 5.75 Å². The van der Waals surface area contributed by atoms with E-state index < -0.39 is 42.3 Å². The van der Waals surface area contributed by atoms with E-state index in [0.717, 1.165) is 0 Å². The summed E-state index contributed by atoms with van der Waals surface area (Å²) < 4.78 is 63.9. The molecular weight excluding hydrogens is 434 g/mol. The van der Waals surface area contributed by atoms with Gasteiger partial charge in [0.25, 0.3) is 20.2 Å². The molecule has 0 spiro atoms. The number of anilines is 1. The lowest BCUT2D eigenvalue weighted by Crippen LogP contribution is -2.00. The molecule has 158 valence electrons. The van der Waals surface area contributed by atoms with Crippen LogP contribution in [0.1, 0.15) is 5.56 Å². The molecule has 0 saturated heterocycles. The third kappa shape index (κ3) is 4.91. The number of phenols is 1. The second-order valence-electron chi connectivity index (χ2n) is 6.33. The SMILES string of the molecule is CNc1ccc2cc(S(=O)(=O)O)c(N=Nc3ccc(CS(=O)(=O)O)cc3)c(O)c2c1. The molecule has 0 heterocycles. The molecule has 0 aliphatic rings. The molecule has 0 aliphatic carbocycles. The normalized spacial score (nSPS) is 12.5. The van der Waals surface area contributed by atoms with Gasteiger partial charge in [-0.2, -0.15) is 21.9 Å². The Bertz CT molecular complexity index is 1350. The van der Waals surface area contributed by atoms with E-state index in [9.17, 15) is 26.5 Å². The summed E-state index contributed by atoms with van der Waals surface area (Å²) in [7, 11) is -7.23. The zero-order valence-electron chi connectivity index (χ0n) is 15.5. The highest BCUT2D eigenvalue weighted by molar-refractivity contribution is 7.86. The Morgan fingerprint density at radius 3 is 2.17 bits per heavy atom. The second-order valence-corrected chi connectivity index (χ2v) is 9.17. The molecule has 0 unspecified atom stereocenters. The van der Waals surface area contributed by atoms with Crippen molar-refractivity contribution in [3.8, 4) is 5.75 Å². The van der Waals surface area contributed by atoms with Crippen LogP contribution in [0.2, 0.25) is 0 Å². The van der Waals surface area contributed by atoms with Gasteiger partial charge in [0, 0.05) is 18.1 Å². The van der Waals surface area contributed by atoms with Crippen LogP contribution in [0.4, 0.5) is 17.1 Å². The summed E-state index contributed by atoms with van der Waals surface area (Å²) in [6, 6.07) is 11.6. The van der Waals surface area contributed by atoms with E-state index in [1.165, 1.54) is 30.3 Å². The number of hydrogen-bond donors (Lipinski definition) is 4. The maximum Gasteiger partial charge on any atom is 0.296 e. The van der Waals surface area contributed by atoms with Crippen molar-refractivity contribution in [1.82, 2.24) is 0 Å². The minimum absolute atomic E-state index is 0.221. The summed E-state index contributed by atoms with van der Waals surface area (Å²) in [5.74, 6) is -1.06. The number of phenolic OH excluding ortho intramolecular Hbond substituents is 1. The average Bonchev–Trinajstić information content (AvgIpc) is 2.66. The van der Waals surface area contributed by atoms with Crippen LogP contribution in [-0.2, 0) is 26.0 Å². The molecule has 0 bridgehead atoms. The van der Waals surface area contributed by atoms with Gasteiger partial charge < -0.3 is 10.4 Å². The maximum atomic E-state index is 11.8. The van der Waals surface area contributed by atoms with E-state index in [-0.39, 0.29) is 5.69 Å². The largest absolute Gasteiger partial charge is 0.505 e. The van der Waals surface area contributed by atoms with Gasteiger partial charge in [-0.25, -0.2) is 0 Å². The van der Waals surface area contributed by atoms with Crippen molar-refractivity contribution in [2.45, 2.75) is 10.6 Å². The monoisotopic (exact) mass is 451 g/mol. The molecule has 0 aromatic heterocycles. The number of benzene rings is 3. The smallest absolute Gasteiger partial charge is 0.296 e. The highest BCUT2D eigenvalue weighted by Crippen LogP contribution is 2.42. The van der Waals surface area contributed by atoms with Crippen molar-refractivity contribution in [1.29, 1.82) is 0 Å². The standard InChI is InChI=1S/C18H17N3O7S2/c1-19-14-7-4-12-8-16(30(26,27)28)17(18(22)15(12)9-14)21-20-13-5-2-11(3-6-13)10-29(23,24)25/h2-9,19,22H,10H2,1H3,(H,23,24,25)(H,26,27,28). The molecule has 10 nitrogen and oxygen atoms in total. The van der Waals surface area contributed by atoms with Crippen LogP contribution < -0.4 is 5.32 Å². The van der Waals surface area contributed by atoms with Crippen molar-refractivity contribution in [3.05, 3.63) is 54.1 Å². The fourth-order valence-corrected chi connectivity index (χ4v) is 4.04. The van der Waals surface area contributed by atoms with Gasteiger partial charge in [-0.1, -0.05) is 18.2 Å². The van der Waals surface area contributed by atoms with Crippen molar-refractivity contribution in [2.75, 3.05) is 12.4 Å².